The maximum atomic E-state index is 11.0. The topological polar surface area (TPSA) is 102 Å². The Hall–Kier alpha value is -1.80. The molecule has 154 valence electrons. The van der Waals surface area contributed by atoms with Gasteiger partial charge in [-0.1, -0.05) is 25.3 Å². The Labute approximate surface area is 162 Å². The number of carboxylic acid groups (broad SMARTS) is 1. The molecule has 1 rings (SSSR count). The second-order valence-corrected chi connectivity index (χ2v) is 8.34. The van der Waals surface area contributed by atoms with E-state index in [1.807, 2.05) is 18.2 Å². The number of ether oxygens (including phenoxy) is 2. The van der Waals surface area contributed by atoms with Gasteiger partial charge < -0.3 is 14.6 Å². The number of nitrogens with one attached hydrogen (secondary N) is 1. The van der Waals surface area contributed by atoms with Gasteiger partial charge in [0.1, 0.15) is 11.5 Å². The third-order valence-corrected chi connectivity index (χ3v) is 4.78. The molecule has 0 aromatic heterocycles. The van der Waals surface area contributed by atoms with E-state index in [2.05, 4.69) is 4.72 Å². The van der Waals surface area contributed by atoms with Gasteiger partial charge in [0.25, 0.3) is 0 Å². The molecule has 0 saturated carbocycles. The zero-order valence-corrected chi connectivity index (χ0v) is 17.0. The minimum Gasteiger partial charge on any atom is -0.496 e. The number of benzene rings is 1. The maximum absolute atomic E-state index is 11.0. The molecule has 0 unspecified atom stereocenters. The van der Waals surface area contributed by atoms with Crippen LogP contribution in [0.25, 0.3) is 0 Å². The maximum Gasteiger partial charge on any atom is 0.303 e. The van der Waals surface area contributed by atoms with Crippen LogP contribution < -0.4 is 14.2 Å². The van der Waals surface area contributed by atoms with Gasteiger partial charge in [0.15, 0.2) is 0 Å². The smallest absolute Gasteiger partial charge is 0.303 e. The fraction of sp³-hybridized carbons (Fsp3) is 0.632. The van der Waals surface area contributed by atoms with Crippen molar-refractivity contribution in [1.29, 1.82) is 0 Å². The number of hydrogen-bond donors (Lipinski definition) is 2. The van der Waals surface area contributed by atoms with Crippen LogP contribution in [0, 0.1) is 0 Å². The van der Waals surface area contributed by atoms with Crippen molar-refractivity contribution in [2.45, 2.75) is 51.4 Å². The Morgan fingerprint density at radius 2 is 1.81 bits per heavy atom. The van der Waals surface area contributed by atoms with Crippen LogP contribution >= 0.6 is 0 Å². The molecule has 27 heavy (non-hydrogen) atoms. The van der Waals surface area contributed by atoms with Gasteiger partial charge in [0.2, 0.25) is 10.0 Å². The van der Waals surface area contributed by atoms with Crippen LogP contribution in [0.3, 0.4) is 0 Å². The lowest BCUT2D eigenvalue weighted by Gasteiger charge is -2.12. The summed E-state index contributed by atoms with van der Waals surface area (Å²) in [4.78, 5) is 10.5. The third kappa shape index (κ3) is 11.5. The van der Waals surface area contributed by atoms with Gasteiger partial charge >= 0.3 is 5.97 Å². The number of carboxylic acids is 1. The lowest BCUT2D eigenvalue weighted by molar-refractivity contribution is -0.137. The van der Waals surface area contributed by atoms with Crippen molar-refractivity contribution in [3.8, 4) is 11.5 Å². The van der Waals surface area contributed by atoms with Crippen molar-refractivity contribution in [3.63, 3.8) is 0 Å². The van der Waals surface area contributed by atoms with Crippen molar-refractivity contribution in [2.24, 2.45) is 0 Å². The predicted octanol–water partition coefficient (Wildman–Crippen LogP) is 2.98. The number of aryl methyl sites for hydroxylation is 1. The highest BCUT2D eigenvalue weighted by Gasteiger charge is 2.06. The quantitative estimate of drug-likeness (QED) is 0.438. The summed E-state index contributed by atoms with van der Waals surface area (Å²) in [5, 5.41) is 8.61. The van der Waals surface area contributed by atoms with Crippen LogP contribution in [0.4, 0.5) is 0 Å². The Morgan fingerprint density at radius 1 is 1.11 bits per heavy atom. The molecule has 0 spiro atoms. The average Bonchev–Trinajstić information content (AvgIpc) is 2.60. The first-order valence-corrected chi connectivity index (χ1v) is 11.2. The van der Waals surface area contributed by atoms with Gasteiger partial charge in [-0.25, -0.2) is 13.1 Å². The fourth-order valence-corrected chi connectivity index (χ4v) is 3.18. The van der Waals surface area contributed by atoms with Crippen molar-refractivity contribution < 1.29 is 27.8 Å². The Kier molecular flexibility index (Phi) is 10.8. The van der Waals surface area contributed by atoms with E-state index in [1.54, 1.807) is 7.11 Å². The Bertz CT molecular complexity index is 675. The number of carbonyl (C=O) groups is 1. The van der Waals surface area contributed by atoms with Gasteiger partial charge in [0.05, 0.1) is 20.0 Å². The van der Waals surface area contributed by atoms with Crippen molar-refractivity contribution in [3.05, 3.63) is 23.8 Å². The zero-order valence-electron chi connectivity index (χ0n) is 16.2. The van der Waals surface area contributed by atoms with Gasteiger partial charge in [0, 0.05) is 19.0 Å². The van der Waals surface area contributed by atoms with Crippen LogP contribution in [-0.2, 0) is 21.2 Å². The first-order valence-electron chi connectivity index (χ1n) is 9.28. The lowest BCUT2D eigenvalue weighted by Crippen LogP contribution is -2.24. The molecule has 7 nitrogen and oxygen atoms in total. The summed E-state index contributed by atoms with van der Waals surface area (Å²) < 4.78 is 35.5. The molecule has 0 saturated heterocycles. The minimum absolute atomic E-state index is 0.250. The normalized spacial score (nSPS) is 11.3. The van der Waals surface area contributed by atoms with E-state index < -0.39 is 16.0 Å². The number of hydrogen-bond acceptors (Lipinski definition) is 5. The fourth-order valence-electron chi connectivity index (χ4n) is 2.66. The molecule has 0 aliphatic carbocycles. The van der Waals surface area contributed by atoms with E-state index in [1.165, 1.54) is 0 Å². The number of sulfonamides is 1. The molecular formula is C19H31NO6S. The first kappa shape index (κ1) is 23.2. The number of aliphatic carboxylic acids is 1. The molecule has 0 aliphatic rings. The summed E-state index contributed by atoms with van der Waals surface area (Å²) in [6.45, 7) is 0.766. The molecule has 0 bridgehead atoms. The second kappa shape index (κ2) is 12.6. The summed E-state index contributed by atoms with van der Waals surface area (Å²) in [7, 11) is -1.53. The van der Waals surface area contributed by atoms with Crippen molar-refractivity contribution in [2.75, 3.05) is 26.5 Å². The summed E-state index contributed by atoms with van der Waals surface area (Å²) in [5.74, 6) is 0.755. The van der Waals surface area contributed by atoms with Crippen LogP contribution in [0.1, 0.15) is 50.5 Å². The third-order valence-electron chi connectivity index (χ3n) is 4.05. The molecule has 8 heteroatoms. The number of methoxy groups -OCH3 is 1. The van der Waals surface area contributed by atoms with Gasteiger partial charge in [-0.3, -0.25) is 4.79 Å². The largest absolute Gasteiger partial charge is 0.496 e. The SMILES string of the molecule is COc1cc(OCCCNS(C)(=O)=O)ccc1CCCCCCCC(=O)O. The molecule has 0 atom stereocenters. The Balaban J connectivity index is 2.31. The molecule has 0 radical (unpaired) electrons. The van der Waals surface area contributed by atoms with Gasteiger partial charge in [-0.05, 0) is 37.3 Å². The molecule has 0 aliphatic heterocycles. The molecule has 0 heterocycles. The van der Waals surface area contributed by atoms with Crippen LogP contribution in [0.15, 0.2) is 18.2 Å². The monoisotopic (exact) mass is 401 g/mol. The van der Waals surface area contributed by atoms with Gasteiger partial charge in [-0.2, -0.15) is 0 Å². The lowest BCUT2D eigenvalue weighted by atomic mass is 10.0. The van der Waals surface area contributed by atoms with Crippen molar-refractivity contribution in [1.82, 2.24) is 4.72 Å². The van der Waals surface area contributed by atoms with Crippen LogP contribution in [0.5, 0.6) is 11.5 Å². The summed E-state index contributed by atoms with van der Waals surface area (Å²) in [6.07, 6.45) is 7.69. The van der Waals surface area contributed by atoms with E-state index in [9.17, 15) is 13.2 Å². The molecule has 2 N–H and O–H groups in total. The first-order chi connectivity index (χ1) is 12.8. The molecule has 1 aromatic rings. The van der Waals surface area contributed by atoms with Crippen molar-refractivity contribution >= 4 is 16.0 Å². The highest BCUT2D eigenvalue weighted by Crippen LogP contribution is 2.26. The standard InChI is InChI=1S/C19H31NO6S/c1-25-18-15-17(26-14-8-13-20-27(2,23)24)12-11-16(18)9-6-4-3-5-7-10-19(21)22/h11-12,15,20H,3-10,13-14H2,1-2H3,(H,21,22). The van der Waals surface area contributed by atoms with E-state index in [0.717, 1.165) is 56.1 Å². The molecule has 1 aromatic carbocycles. The average molecular weight is 402 g/mol. The van der Waals surface area contributed by atoms with E-state index in [4.69, 9.17) is 14.6 Å². The Morgan fingerprint density at radius 3 is 2.48 bits per heavy atom. The predicted molar refractivity (Wildman–Crippen MR) is 105 cm³/mol. The summed E-state index contributed by atoms with van der Waals surface area (Å²) in [5.41, 5.74) is 1.12. The molecule has 0 amide bonds. The summed E-state index contributed by atoms with van der Waals surface area (Å²) >= 11 is 0. The van der Waals surface area contributed by atoms with Crippen LogP contribution in [0.2, 0.25) is 0 Å². The van der Waals surface area contributed by atoms with Gasteiger partial charge in [-0.15, -0.1) is 0 Å². The van der Waals surface area contributed by atoms with E-state index >= 15 is 0 Å². The minimum atomic E-state index is -3.16. The zero-order chi connectivity index (χ0) is 20.1. The number of unbranched alkanes of at least 4 members (excludes halogenated alkanes) is 4. The summed E-state index contributed by atoms with van der Waals surface area (Å²) in [6, 6.07) is 5.74. The van der Waals surface area contributed by atoms with Crippen LogP contribution in [-0.4, -0.2) is 46.0 Å². The highest BCUT2D eigenvalue weighted by molar-refractivity contribution is 7.88. The van der Waals surface area contributed by atoms with E-state index in [-0.39, 0.29) is 6.42 Å². The van der Waals surface area contributed by atoms with E-state index in [0.29, 0.717) is 25.3 Å². The number of rotatable bonds is 15. The molecular weight excluding hydrogens is 370 g/mol. The molecule has 0 fully saturated rings. The second-order valence-electron chi connectivity index (χ2n) is 6.50. The highest BCUT2D eigenvalue weighted by atomic mass is 32.2.